The average molecular weight is 258 g/mol. The van der Waals surface area contributed by atoms with Crippen LogP contribution in [0.4, 0.5) is 0 Å². The molecule has 0 aromatic rings. The predicted octanol–water partition coefficient (Wildman–Crippen LogP) is 1.32. The van der Waals surface area contributed by atoms with Crippen LogP contribution in [-0.4, -0.2) is 42.9 Å². The number of hydrogen-bond donors (Lipinski definition) is 1. The second kappa shape index (κ2) is 6.50. The number of carbonyl (C=O) groups excluding carboxylic acids is 1. The molecular weight excluding hydrogens is 232 g/mol. The quantitative estimate of drug-likeness (QED) is 0.770. The van der Waals surface area contributed by atoms with Gasteiger partial charge in [0.25, 0.3) is 0 Å². The number of esters is 1. The maximum Gasteiger partial charge on any atom is 0.323 e. The Morgan fingerprint density at radius 1 is 1.39 bits per heavy atom. The average Bonchev–Trinajstić information content (AvgIpc) is 2.27. The van der Waals surface area contributed by atoms with Gasteiger partial charge in [0, 0.05) is 13.1 Å². The molecule has 0 aromatic heterocycles. The first-order chi connectivity index (χ1) is 8.31. The van der Waals surface area contributed by atoms with Gasteiger partial charge in [-0.15, -0.1) is 0 Å². The van der Waals surface area contributed by atoms with Crippen molar-refractivity contribution in [2.24, 2.45) is 11.7 Å². The summed E-state index contributed by atoms with van der Waals surface area (Å²) >= 11 is 0. The zero-order chi connectivity index (χ0) is 13.8. The van der Waals surface area contributed by atoms with Crippen LogP contribution in [0.3, 0.4) is 0 Å². The number of hydrogen-bond acceptors (Lipinski definition) is 5. The number of nitrogens with two attached hydrogens (primary N) is 1. The topological polar surface area (TPSA) is 64.8 Å². The molecule has 18 heavy (non-hydrogen) atoms. The largest absolute Gasteiger partial charge is 0.459 e. The van der Waals surface area contributed by atoms with Crippen molar-refractivity contribution in [3.05, 3.63) is 0 Å². The number of nitrogens with zero attached hydrogens (tertiary/aromatic N) is 1. The van der Waals surface area contributed by atoms with Crippen LogP contribution in [0.1, 0.15) is 40.0 Å². The minimum Gasteiger partial charge on any atom is -0.459 e. The number of rotatable bonds is 4. The van der Waals surface area contributed by atoms with Gasteiger partial charge in [0.2, 0.25) is 0 Å². The highest BCUT2D eigenvalue weighted by Crippen LogP contribution is 2.22. The molecule has 1 fully saturated rings. The van der Waals surface area contributed by atoms with Crippen LogP contribution >= 0.6 is 0 Å². The van der Waals surface area contributed by atoms with Crippen molar-refractivity contribution < 1.29 is 14.4 Å². The van der Waals surface area contributed by atoms with Gasteiger partial charge >= 0.3 is 5.97 Å². The third-order valence-electron chi connectivity index (χ3n) is 3.13. The SMILES string of the molecule is CON1CCC(CC(N)C(=O)OC(C)(C)C)CC1. The Morgan fingerprint density at radius 2 is 1.94 bits per heavy atom. The molecule has 5 heteroatoms. The van der Waals surface area contributed by atoms with Crippen LogP contribution < -0.4 is 5.73 Å². The molecule has 2 N–H and O–H groups in total. The van der Waals surface area contributed by atoms with E-state index < -0.39 is 11.6 Å². The van der Waals surface area contributed by atoms with E-state index in [0.717, 1.165) is 25.9 Å². The molecular formula is C13H26N2O3. The Hall–Kier alpha value is -0.650. The van der Waals surface area contributed by atoms with E-state index in [1.54, 1.807) is 7.11 Å². The first kappa shape index (κ1) is 15.4. The van der Waals surface area contributed by atoms with Gasteiger partial charge in [-0.2, -0.15) is 5.06 Å². The van der Waals surface area contributed by atoms with Gasteiger partial charge in [-0.05, 0) is 46.0 Å². The Labute approximate surface area is 110 Å². The molecule has 1 rings (SSSR count). The van der Waals surface area contributed by atoms with Crippen molar-refractivity contribution in [2.45, 2.75) is 51.7 Å². The summed E-state index contributed by atoms with van der Waals surface area (Å²) in [5.41, 5.74) is 5.44. The first-order valence-corrected chi connectivity index (χ1v) is 6.59. The monoisotopic (exact) mass is 258 g/mol. The van der Waals surface area contributed by atoms with Gasteiger partial charge in [-0.3, -0.25) is 4.79 Å². The molecule has 0 aliphatic carbocycles. The summed E-state index contributed by atoms with van der Waals surface area (Å²) in [5, 5.41) is 1.94. The molecule has 0 aromatic carbocycles. The lowest BCUT2D eigenvalue weighted by Crippen LogP contribution is -2.41. The lowest BCUT2D eigenvalue weighted by atomic mass is 9.91. The fourth-order valence-corrected chi connectivity index (χ4v) is 2.16. The van der Waals surface area contributed by atoms with E-state index in [1.807, 2.05) is 25.8 Å². The smallest absolute Gasteiger partial charge is 0.323 e. The number of piperidine rings is 1. The summed E-state index contributed by atoms with van der Waals surface area (Å²) in [4.78, 5) is 16.9. The number of hydroxylamine groups is 2. The van der Waals surface area contributed by atoms with Crippen molar-refractivity contribution in [1.82, 2.24) is 5.06 Å². The second-order valence-electron chi connectivity index (χ2n) is 5.93. The highest BCUT2D eigenvalue weighted by Gasteiger charge is 2.27. The van der Waals surface area contributed by atoms with Crippen LogP contribution in [0, 0.1) is 5.92 Å². The number of carbonyl (C=O) groups is 1. The Balaban J connectivity index is 2.32. The van der Waals surface area contributed by atoms with E-state index in [0.29, 0.717) is 12.3 Å². The fraction of sp³-hybridized carbons (Fsp3) is 0.923. The van der Waals surface area contributed by atoms with Gasteiger partial charge in [-0.1, -0.05) is 0 Å². The van der Waals surface area contributed by atoms with E-state index in [2.05, 4.69) is 0 Å². The first-order valence-electron chi connectivity index (χ1n) is 6.59. The zero-order valence-electron chi connectivity index (χ0n) is 11.9. The minimum absolute atomic E-state index is 0.295. The van der Waals surface area contributed by atoms with Crippen LogP contribution in [0.5, 0.6) is 0 Å². The predicted molar refractivity (Wildman–Crippen MR) is 69.7 cm³/mol. The second-order valence-corrected chi connectivity index (χ2v) is 5.93. The molecule has 1 heterocycles. The normalized spacial score (nSPS) is 20.7. The fourth-order valence-electron chi connectivity index (χ4n) is 2.16. The molecule has 0 bridgehead atoms. The molecule has 1 atom stereocenters. The van der Waals surface area contributed by atoms with Gasteiger partial charge < -0.3 is 15.3 Å². The summed E-state index contributed by atoms with van der Waals surface area (Å²) < 4.78 is 5.28. The van der Waals surface area contributed by atoms with Gasteiger partial charge in [0.15, 0.2) is 0 Å². The maximum absolute atomic E-state index is 11.8. The summed E-state index contributed by atoms with van der Waals surface area (Å²) in [6.45, 7) is 7.38. The Morgan fingerprint density at radius 3 is 2.39 bits per heavy atom. The lowest BCUT2D eigenvalue weighted by Gasteiger charge is -2.31. The van der Waals surface area contributed by atoms with Crippen molar-refractivity contribution in [2.75, 3.05) is 20.2 Å². The van der Waals surface area contributed by atoms with E-state index in [1.165, 1.54) is 0 Å². The maximum atomic E-state index is 11.8. The van der Waals surface area contributed by atoms with E-state index in [4.69, 9.17) is 15.3 Å². The summed E-state index contributed by atoms with van der Waals surface area (Å²) in [6.07, 6.45) is 2.74. The molecule has 0 amide bonds. The van der Waals surface area contributed by atoms with E-state index >= 15 is 0 Å². The minimum atomic E-state index is -0.511. The highest BCUT2D eigenvalue weighted by atomic mass is 16.7. The Kier molecular flexibility index (Phi) is 5.56. The molecule has 1 unspecified atom stereocenters. The summed E-state index contributed by atoms with van der Waals surface area (Å²) in [5.74, 6) is 0.190. The molecule has 0 spiro atoms. The Bertz CT molecular complexity index is 268. The third-order valence-corrected chi connectivity index (χ3v) is 3.13. The van der Waals surface area contributed by atoms with E-state index in [9.17, 15) is 4.79 Å². The third kappa shape index (κ3) is 5.33. The molecule has 1 aliphatic rings. The van der Waals surface area contributed by atoms with Crippen LogP contribution in [0.2, 0.25) is 0 Å². The van der Waals surface area contributed by atoms with Crippen LogP contribution in [-0.2, 0) is 14.4 Å². The van der Waals surface area contributed by atoms with Gasteiger partial charge in [0.05, 0.1) is 7.11 Å². The summed E-state index contributed by atoms with van der Waals surface area (Å²) in [7, 11) is 1.69. The summed E-state index contributed by atoms with van der Waals surface area (Å²) in [6, 6.07) is -0.511. The van der Waals surface area contributed by atoms with Gasteiger partial charge in [0.1, 0.15) is 11.6 Å². The molecule has 1 aliphatic heterocycles. The van der Waals surface area contributed by atoms with Crippen molar-refractivity contribution >= 4 is 5.97 Å². The van der Waals surface area contributed by atoms with Crippen molar-refractivity contribution in [1.29, 1.82) is 0 Å². The van der Waals surface area contributed by atoms with Crippen molar-refractivity contribution in [3.63, 3.8) is 0 Å². The molecule has 5 nitrogen and oxygen atoms in total. The standard InChI is InChI=1S/C13H26N2O3/c1-13(2,3)18-12(16)11(14)9-10-5-7-15(17-4)8-6-10/h10-11H,5-9,14H2,1-4H3. The molecule has 0 radical (unpaired) electrons. The molecule has 0 saturated carbocycles. The molecule has 106 valence electrons. The van der Waals surface area contributed by atoms with Crippen LogP contribution in [0.25, 0.3) is 0 Å². The highest BCUT2D eigenvalue weighted by molar-refractivity contribution is 5.75. The lowest BCUT2D eigenvalue weighted by molar-refractivity contribution is -0.158. The van der Waals surface area contributed by atoms with E-state index in [-0.39, 0.29) is 5.97 Å². The van der Waals surface area contributed by atoms with Gasteiger partial charge in [-0.25, -0.2) is 0 Å². The number of ether oxygens (including phenoxy) is 1. The zero-order valence-corrected chi connectivity index (χ0v) is 11.9. The van der Waals surface area contributed by atoms with Crippen LogP contribution in [0.15, 0.2) is 0 Å². The van der Waals surface area contributed by atoms with Crippen molar-refractivity contribution in [3.8, 4) is 0 Å². The molecule has 1 saturated heterocycles.